The number of hydrogen-bond donors (Lipinski definition) is 6. The second-order valence-corrected chi connectivity index (χ2v) is 4.03. The molecule has 0 heterocycles. The molecule has 17 heavy (non-hydrogen) atoms. The van der Waals surface area contributed by atoms with Crippen molar-refractivity contribution >= 4 is 57.0 Å². The molecule has 0 rings (SSSR count). The van der Waals surface area contributed by atoms with E-state index in [4.69, 9.17) is 52.6 Å². The van der Waals surface area contributed by atoms with Gasteiger partial charge in [-0.25, -0.2) is 0 Å². The molecule has 0 aliphatic heterocycles. The summed E-state index contributed by atoms with van der Waals surface area (Å²) < 4.78 is 94.8. The van der Waals surface area contributed by atoms with Crippen LogP contribution in [0.2, 0.25) is 0 Å². The summed E-state index contributed by atoms with van der Waals surface area (Å²) in [4.78, 5) is 0. The van der Waals surface area contributed by atoms with Gasteiger partial charge in [0.05, 0.1) is 0 Å². The Hall–Kier alpha value is 0.440. The molecule has 0 unspecified atom stereocenters. The van der Waals surface area contributed by atoms with Crippen LogP contribution in [0.5, 0.6) is 0 Å². The van der Waals surface area contributed by atoms with Crippen LogP contribution >= 0.6 is 0 Å². The van der Waals surface area contributed by atoms with Crippen molar-refractivity contribution in [2.24, 2.45) is 0 Å². The molecule has 0 amide bonds. The topological polar surface area (TPSA) is 255 Å². The molecular weight excluding hydrogens is 419 g/mol. The Balaban J connectivity index is -0.0000000400. The maximum Gasteiger partial charge on any atom is 0.394 e. The monoisotopic (exact) mass is 427 g/mol. The van der Waals surface area contributed by atoms with Crippen LogP contribution in [0, 0.1) is 0 Å². The SMILES string of the molecule is O.O=S(=O)(O)O.O=S(=O)(O)O.O=S(=O)(O)O.[In]. The van der Waals surface area contributed by atoms with Crippen molar-refractivity contribution in [2.45, 2.75) is 0 Å². The third-order valence-corrected chi connectivity index (χ3v) is 0. The third kappa shape index (κ3) is 17700. The molecule has 0 saturated carbocycles. The van der Waals surface area contributed by atoms with Gasteiger partial charge in [0.15, 0.2) is 0 Å². The molecule has 0 bridgehead atoms. The first-order chi connectivity index (χ1) is 6.00. The van der Waals surface area contributed by atoms with E-state index in [9.17, 15) is 0 Å². The molecular formula is H8InO13S3. The molecule has 13 nitrogen and oxygen atoms in total. The average molecular weight is 427 g/mol. The summed E-state index contributed by atoms with van der Waals surface area (Å²) in [5.41, 5.74) is 0. The van der Waals surface area contributed by atoms with Crippen molar-refractivity contribution in [1.82, 2.24) is 0 Å². The summed E-state index contributed by atoms with van der Waals surface area (Å²) in [6.45, 7) is 0. The minimum absolute atomic E-state index is 0. The fourth-order valence-corrected chi connectivity index (χ4v) is 0. The van der Waals surface area contributed by atoms with Crippen molar-refractivity contribution in [3.05, 3.63) is 0 Å². The first-order valence-electron chi connectivity index (χ1n) is 2.10. The van der Waals surface area contributed by atoms with E-state index in [-0.39, 0.29) is 31.3 Å². The minimum atomic E-state index is -4.67. The fraction of sp³-hybridized carbons (Fsp3) is 0. The zero-order chi connectivity index (χ0) is 13.5. The van der Waals surface area contributed by atoms with Crippen molar-refractivity contribution in [1.29, 1.82) is 0 Å². The van der Waals surface area contributed by atoms with E-state index in [0.29, 0.717) is 0 Å². The van der Waals surface area contributed by atoms with Gasteiger partial charge in [-0.3, -0.25) is 27.3 Å². The van der Waals surface area contributed by atoms with E-state index >= 15 is 0 Å². The van der Waals surface area contributed by atoms with E-state index in [1.807, 2.05) is 0 Å². The molecule has 3 radical (unpaired) electrons. The molecule has 17 heteroatoms. The first-order valence-corrected chi connectivity index (χ1v) is 6.29. The van der Waals surface area contributed by atoms with E-state index < -0.39 is 31.2 Å². The summed E-state index contributed by atoms with van der Waals surface area (Å²) in [6.07, 6.45) is 0. The van der Waals surface area contributed by atoms with E-state index in [0.717, 1.165) is 0 Å². The molecule has 0 aromatic carbocycles. The van der Waals surface area contributed by atoms with E-state index in [1.165, 1.54) is 0 Å². The number of hydrogen-bond acceptors (Lipinski definition) is 6. The first kappa shape index (κ1) is 30.5. The van der Waals surface area contributed by atoms with Crippen LogP contribution in [0.3, 0.4) is 0 Å². The summed E-state index contributed by atoms with van der Waals surface area (Å²) >= 11 is 0. The smallest absolute Gasteiger partial charge is 0.394 e. The van der Waals surface area contributed by atoms with Crippen LogP contribution in [0.4, 0.5) is 0 Å². The van der Waals surface area contributed by atoms with Crippen LogP contribution in [0.25, 0.3) is 0 Å². The summed E-state index contributed by atoms with van der Waals surface area (Å²) in [5, 5.41) is 0. The van der Waals surface area contributed by atoms with Gasteiger partial charge in [-0.2, -0.15) is 25.3 Å². The van der Waals surface area contributed by atoms with Crippen molar-refractivity contribution in [2.75, 3.05) is 0 Å². The summed E-state index contributed by atoms with van der Waals surface area (Å²) in [7, 11) is -14.0. The zero-order valence-electron chi connectivity index (χ0n) is 7.43. The standard InChI is InChI=1S/In.3H2O4S.H2O/c;3*1-5(2,3)4;/h;3*(H2,1,2,3,4);1H2. The minimum Gasteiger partial charge on any atom is -0.412 e. The normalized spacial score (nSPS) is 10.2. The fourth-order valence-electron chi connectivity index (χ4n) is 0. The predicted molar refractivity (Wildman–Crippen MR) is 51.9 cm³/mol. The van der Waals surface area contributed by atoms with Gasteiger partial charge in [0.1, 0.15) is 0 Å². The molecule has 0 spiro atoms. The molecule has 0 saturated heterocycles. The Morgan fingerprint density at radius 1 is 0.471 bits per heavy atom. The van der Waals surface area contributed by atoms with Gasteiger partial charge in [0.2, 0.25) is 0 Å². The number of rotatable bonds is 0. The third-order valence-electron chi connectivity index (χ3n) is 0. The Labute approximate surface area is 115 Å². The Kier molecular flexibility index (Phi) is 20.7. The van der Waals surface area contributed by atoms with Crippen LogP contribution in [0.1, 0.15) is 0 Å². The average Bonchev–Trinajstić information content (AvgIpc) is 1.41. The summed E-state index contributed by atoms with van der Waals surface area (Å²) in [5.74, 6) is 0. The Morgan fingerprint density at radius 2 is 0.471 bits per heavy atom. The van der Waals surface area contributed by atoms with Gasteiger partial charge < -0.3 is 5.48 Å². The predicted octanol–water partition coefficient (Wildman–Crippen LogP) is -3.16. The van der Waals surface area contributed by atoms with Crippen LogP contribution in [-0.2, 0) is 31.2 Å². The van der Waals surface area contributed by atoms with Gasteiger partial charge >= 0.3 is 31.2 Å². The van der Waals surface area contributed by atoms with Gasteiger partial charge in [0.25, 0.3) is 0 Å². The molecule has 0 atom stereocenters. The molecule has 0 aliphatic carbocycles. The maximum atomic E-state index is 8.74. The Bertz CT molecular complexity index is 338. The molecule has 107 valence electrons. The second-order valence-electron chi connectivity index (χ2n) is 1.34. The summed E-state index contributed by atoms with van der Waals surface area (Å²) in [6, 6.07) is 0. The zero-order valence-corrected chi connectivity index (χ0v) is 13.2. The Morgan fingerprint density at radius 3 is 0.471 bits per heavy atom. The van der Waals surface area contributed by atoms with E-state index in [1.54, 1.807) is 0 Å². The second kappa shape index (κ2) is 11.5. The maximum absolute atomic E-state index is 8.74. The molecule has 0 aromatic heterocycles. The largest absolute Gasteiger partial charge is 0.412 e. The molecule has 0 aliphatic rings. The van der Waals surface area contributed by atoms with Gasteiger partial charge in [-0.1, -0.05) is 0 Å². The van der Waals surface area contributed by atoms with Crippen molar-refractivity contribution in [3.8, 4) is 0 Å². The van der Waals surface area contributed by atoms with Gasteiger partial charge in [-0.05, 0) is 0 Å². The van der Waals surface area contributed by atoms with Gasteiger partial charge in [0, 0.05) is 25.8 Å². The van der Waals surface area contributed by atoms with Crippen molar-refractivity contribution < 1.29 is 58.0 Å². The van der Waals surface area contributed by atoms with Crippen molar-refractivity contribution in [3.63, 3.8) is 0 Å². The molecule has 0 aromatic rings. The van der Waals surface area contributed by atoms with Crippen LogP contribution in [-0.4, -0.2) is 83.9 Å². The molecule has 8 N–H and O–H groups in total. The molecule has 0 fully saturated rings. The quantitative estimate of drug-likeness (QED) is 0.209. The van der Waals surface area contributed by atoms with Crippen LogP contribution < -0.4 is 0 Å². The van der Waals surface area contributed by atoms with E-state index in [2.05, 4.69) is 0 Å². The van der Waals surface area contributed by atoms with Crippen LogP contribution in [0.15, 0.2) is 0 Å². The van der Waals surface area contributed by atoms with Gasteiger partial charge in [-0.15, -0.1) is 0 Å².